The Hall–Kier alpha value is -0.490. The molecule has 0 spiro atoms. The summed E-state index contributed by atoms with van der Waals surface area (Å²) in [5.74, 6) is 0.613. The number of hydrogen-bond donors (Lipinski definition) is 0. The fourth-order valence-electron chi connectivity index (χ4n) is 0.795. The monoisotopic (exact) mass is 170 g/mol. The quantitative estimate of drug-likeness (QED) is 0.563. The highest BCUT2D eigenvalue weighted by molar-refractivity contribution is 6.17. The first-order chi connectivity index (χ1) is 5.33. The van der Waals surface area contributed by atoms with Gasteiger partial charge in [-0.3, -0.25) is 0 Å². The molecule has 0 heterocycles. The van der Waals surface area contributed by atoms with Gasteiger partial charge in [-0.15, -0.1) is 11.6 Å². The Balaban J connectivity index is 0.000000461. The molecule has 0 saturated heterocycles. The third-order valence-corrected chi connectivity index (χ3v) is 1.55. The Kier molecular flexibility index (Phi) is 5.96. The second-order valence-electron chi connectivity index (χ2n) is 2.12. The lowest BCUT2D eigenvalue weighted by Gasteiger charge is -1.94. The summed E-state index contributed by atoms with van der Waals surface area (Å²) >= 11 is 5.60. The molecule has 1 aromatic carbocycles. The van der Waals surface area contributed by atoms with E-state index in [0.717, 1.165) is 0 Å². The Bertz CT molecular complexity index is 194. The van der Waals surface area contributed by atoms with Crippen LogP contribution in [-0.2, 0) is 5.88 Å². The molecule has 0 saturated carbocycles. The van der Waals surface area contributed by atoms with Crippen LogP contribution in [0.2, 0.25) is 0 Å². The maximum absolute atomic E-state index is 5.60. The Morgan fingerprint density at radius 1 is 1.27 bits per heavy atom. The van der Waals surface area contributed by atoms with Crippen LogP contribution in [0.1, 0.15) is 25.0 Å². The molecule has 0 N–H and O–H groups in total. The molecule has 0 aliphatic carbocycles. The summed E-state index contributed by atoms with van der Waals surface area (Å²) in [5, 5.41) is 0. The van der Waals surface area contributed by atoms with E-state index in [4.69, 9.17) is 11.6 Å². The summed E-state index contributed by atoms with van der Waals surface area (Å²) in [7, 11) is 0. The van der Waals surface area contributed by atoms with Gasteiger partial charge in [0.1, 0.15) is 0 Å². The van der Waals surface area contributed by atoms with Crippen LogP contribution in [0, 0.1) is 6.92 Å². The highest BCUT2D eigenvalue weighted by Crippen LogP contribution is 2.05. The average Bonchev–Trinajstić information content (AvgIpc) is 2.08. The molecule has 0 atom stereocenters. The van der Waals surface area contributed by atoms with Crippen LogP contribution in [0.3, 0.4) is 0 Å². The summed E-state index contributed by atoms with van der Waals surface area (Å²) in [6, 6.07) is 8.20. The van der Waals surface area contributed by atoms with Gasteiger partial charge in [0.25, 0.3) is 0 Å². The molecular weight excluding hydrogens is 156 g/mol. The van der Waals surface area contributed by atoms with Crippen LogP contribution in [0.25, 0.3) is 0 Å². The molecule has 0 unspecified atom stereocenters. The molecule has 0 fully saturated rings. The molecule has 1 aromatic rings. The van der Waals surface area contributed by atoms with Crippen molar-refractivity contribution in [1.29, 1.82) is 0 Å². The van der Waals surface area contributed by atoms with Crippen LogP contribution in [0.4, 0.5) is 0 Å². The Morgan fingerprint density at radius 3 is 2.27 bits per heavy atom. The minimum Gasteiger partial charge on any atom is -0.122 e. The van der Waals surface area contributed by atoms with Crippen molar-refractivity contribution >= 4 is 11.6 Å². The topological polar surface area (TPSA) is 0 Å². The standard InChI is InChI=1S/C8H9Cl.C2H6/c1-7-3-2-4-8(5-7)6-9;1-2/h2-5H,6H2,1H3;1-2H3. The summed E-state index contributed by atoms with van der Waals surface area (Å²) in [6.45, 7) is 6.07. The van der Waals surface area contributed by atoms with Gasteiger partial charge in [0.05, 0.1) is 0 Å². The molecule has 0 radical (unpaired) electrons. The Morgan fingerprint density at radius 2 is 1.91 bits per heavy atom. The molecule has 1 heteroatoms. The normalized spacial score (nSPS) is 8.36. The molecule has 0 amide bonds. The fraction of sp³-hybridized carbons (Fsp3) is 0.400. The van der Waals surface area contributed by atoms with E-state index in [0.29, 0.717) is 5.88 Å². The lowest BCUT2D eigenvalue weighted by molar-refractivity contribution is 1.35. The van der Waals surface area contributed by atoms with Crippen LogP contribution in [0.5, 0.6) is 0 Å². The van der Waals surface area contributed by atoms with Crippen molar-refractivity contribution in [3.8, 4) is 0 Å². The SMILES string of the molecule is CC.Cc1cccc(CCl)c1. The van der Waals surface area contributed by atoms with Gasteiger partial charge in [0.2, 0.25) is 0 Å². The fourth-order valence-corrected chi connectivity index (χ4v) is 0.962. The first kappa shape index (κ1) is 10.5. The van der Waals surface area contributed by atoms with Crippen LogP contribution in [-0.4, -0.2) is 0 Å². The minimum atomic E-state index is 0.613. The summed E-state index contributed by atoms with van der Waals surface area (Å²) in [6.07, 6.45) is 0. The second-order valence-corrected chi connectivity index (χ2v) is 2.39. The number of hydrogen-bond acceptors (Lipinski definition) is 0. The molecule has 0 aromatic heterocycles. The number of rotatable bonds is 1. The van der Waals surface area contributed by atoms with Crippen molar-refractivity contribution < 1.29 is 0 Å². The Labute approximate surface area is 74.2 Å². The van der Waals surface area contributed by atoms with E-state index in [1.165, 1.54) is 11.1 Å². The maximum Gasteiger partial charge on any atom is 0.0474 e. The molecule has 11 heavy (non-hydrogen) atoms. The molecule has 0 aliphatic rings. The number of alkyl halides is 1. The first-order valence-corrected chi connectivity index (χ1v) is 4.48. The first-order valence-electron chi connectivity index (χ1n) is 3.94. The van der Waals surface area contributed by atoms with E-state index in [2.05, 4.69) is 19.1 Å². The van der Waals surface area contributed by atoms with Gasteiger partial charge in [-0.1, -0.05) is 43.7 Å². The smallest absolute Gasteiger partial charge is 0.0474 e. The molecule has 62 valence electrons. The van der Waals surface area contributed by atoms with Crippen molar-refractivity contribution in [3.05, 3.63) is 35.4 Å². The lowest BCUT2D eigenvalue weighted by Crippen LogP contribution is -1.76. The number of aryl methyl sites for hydroxylation is 1. The van der Waals surface area contributed by atoms with E-state index < -0.39 is 0 Å². The minimum absolute atomic E-state index is 0.613. The zero-order valence-corrected chi connectivity index (χ0v) is 8.15. The van der Waals surface area contributed by atoms with Crippen molar-refractivity contribution in [1.82, 2.24) is 0 Å². The zero-order valence-electron chi connectivity index (χ0n) is 7.39. The van der Waals surface area contributed by atoms with E-state index >= 15 is 0 Å². The van der Waals surface area contributed by atoms with E-state index in [-0.39, 0.29) is 0 Å². The number of benzene rings is 1. The summed E-state index contributed by atoms with van der Waals surface area (Å²) in [4.78, 5) is 0. The second kappa shape index (κ2) is 6.23. The highest BCUT2D eigenvalue weighted by atomic mass is 35.5. The maximum atomic E-state index is 5.60. The van der Waals surface area contributed by atoms with Crippen LogP contribution < -0.4 is 0 Å². The van der Waals surface area contributed by atoms with E-state index in [1.54, 1.807) is 0 Å². The van der Waals surface area contributed by atoms with E-state index in [9.17, 15) is 0 Å². The van der Waals surface area contributed by atoms with Gasteiger partial charge in [0.15, 0.2) is 0 Å². The molecule has 0 nitrogen and oxygen atoms in total. The highest BCUT2D eigenvalue weighted by Gasteiger charge is 1.87. The third-order valence-electron chi connectivity index (χ3n) is 1.24. The predicted molar refractivity (Wildman–Crippen MR) is 52.1 cm³/mol. The van der Waals surface area contributed by atoms with Gasteiger partial charge < -0.3 is 0 Å². The van der Waals surface area contributed by atoms with Crippen LogP contribution in [0.15, 0.2) is 24.3 Å². The van der Waals surface area contributed by atoms with E-state index in [1.807, 2.05) is 26.0 Å². The molecule has 1 rings (SSSR count). The zero-order chi connectivity index (χ0) is 8.69. The molecular formula is C10H15Cl. The van der Waals surface area contributed by atoms with Gasteiger partial charge >= 0.3 is 0 Å². The predicted octanol–water partition coefficient (Wildman–Crippen LogP) is 3.76. The van der Waals surface area contributed by atoms with Gasteiger partial charge in [0, 0.05) is 5.88 Å². The summed E-state index contributed by atoms with van der Waals surface area (Å²) < 4.78 is 0. The van der Waals surface area contributed by atoms with Crippen molar-refractivity contribution in [3.63, 3.8) is 0 Å². The van der Waals surface area contributed by atoms with Gasteiger partial charge in [-0.05, 0) is 12.5 Å². The van der Waals surface area contributed by atoms with Crippen LogP contribution >= 0.6 is 11.6 Å². The van der Waals surface area contributed by atoms with Crippen molar-refractivity contribution in [2.24, 2.45) is 0 Å². The largest absolute Gasteiger partial charge is 0.122 e. The molecule has 0 bridgehead atoms. The van der Waals surface area contributed by atoms with Gasteiger partial charge in [-0.25, -0.2) is 0 Å². The number of halogens is 1. The average molecular weight is 171 g/mol. The van der Waals surface area contributed by atoms with Crippen molar-refractivity contribution in [2.45, 2.75) is 26.7 Å². The summed E-state index contributed by atoms with van der Waals surface area (Å²) in [5.41, 5.74) is 2.46. The lowest BCUT2D eigenvalue weighted by atomic mass is 10.2. The third kappa shape index (κ3) is 4.05. The molecule has 0 aliphatic heterocycles. The van der Waals surface area contributed by atoms with Gasteiger partial charge in [-0.2, -0.15) is 0 Å². The van der Waals surface area contributed by atoms with Crippen molar-refractivity contribution in [2.75, 3.05) is 0 Å².